The largest absolute Gasteiger partial charge is 0.465 e. The van der Waals surface area contributed by atoms with Gasteiger partial charge in [-0.25, -0.2) is 0 Å². The maximum Gasteiger partial charge on any atom is 0.311 e. The van der Waals surface area contributed by atoms with E-state index in [1.165, 1.54) is 0 Å². The highest BCUT2D eigenvalue weighted by molar-refractivity contribution is 8.02. The van der Waals surface area contributed by atoms with Gasteiger partial charge in [0.05, 0.1) is 35.8 Å². The molecule has 1 aromatic rings. The van der Waals surface area contributed by atoms with Crippen molar-refractivity contribution in [2.24, 2.45) is 11.8 Å². The lowest BCUT2D eigenvalue weighted by Crippen LogP contribution is -2.56. The van der Waals surface area contributed by atoms with Crippen LogP contribution in [0.5, 0.6) is 0 Å². The minimum atomic E-state index is -0.894. The lowest BCUT2D eigenvalue weighted by atomic mass is 9.78. The van der Waals surface area contributed by atoms with Crippen LogP contribution in [-0.4, -0.2) is 74.5 Å². The van der Waals surface area contributed by atoms with Crippen LogP contribution in [-0.2, 0) is 25.7 Å². The Balaban J connectivity index is 1.59. The van der Waals surface area contributed by atoms with Gasteiger partial charge in [-0.3, -0.25) is 14.4 Å². The van der Waals surface area contributed by atoms with Gasteiger partial charge in [-0.2, -0.15) is 0 Å². The number of rotatable bonds is 5. The maximum absolute atomic E-state index is 14.3. The smallest absolute Gasteiger partial charge is 0.311 e. The third-order valence-corrected chi connectivity index (χ3v) is 9.66. The maximum atomic E-state index is 14.3. The van der Waals surface area contributed by atoms with Crippen molar-refractivity contribution in [1.82, 2.24) is 9.80 Å². The zero-order valence-electron chi connectivity index (χ0n) is 20.6. The number of allylic oxidation sites excluding steroid dienone is 1. The molecule has 6 atom stereocenters. The molecule has 2 saturated heterocycles. The average Bonchev–Trinajstić information content (AvgIpc) is 3.28. The second kappa shape index (κ2) is 10.4. The van der Waals surface area contributed by atoms with Crippen LogP contribution < -0.4 is 0 Å². The van der Waals surface area contributed by atoms with Crippen molar-refractivity contribution in [3.05, 3.63) is 60.2 Å². The van der Waals surface area contributed by atoms with Crippen molar-refractivity contribution < 1.29 is 24.2 Å². The lowest BCUT2D eigenvalue weighted by molar-refractivity contribution is -0.153. The summed E-state index contributed by atoms with van der Waals surface area (Å²) in [4.78, 5) is 45.1. The highest BCUT2D eigenvalue weighted by atomic mass is 32.2. The minimum absolute atomic E-state index is 0.139. The van der Waals surface area contributed by atoms with Crippen LogP contribution in [0.3, 0.4) is 0 Å². The molecule has 0 saturated carbocycles. The number of likely N-dealkylation sites (tertiary alicyclic amines) is 1. The summed E-state index contributed by atoms with van der Waals surface area (Å²) < 4.78 is 4.75. The number of esters is 1. The predicted octanol–water partition coefficient (Wildman–Crippen LogP) is 2.94. The zero-order chi connectivity index (χ0) is 25.3. The Hall–Kier alpha value is -2.58. The number of nitrogens with zero attached hydrogens (tertiary/aromatic N) is 2. The summed E-state index contributed by atoms with van der Waals surface area (Å²) in [5.74, 6) is -2.12. The first-order valence-electron chi connectivity index (χ1n) is 13.0. The molecule has 2 amide bonds. The summed E-state index contributed by atoms with van der Waals surface area (Å²) in [5, 5.41) is 9.95. The van der Waals surface area contributed by atoms with Crippen LogP contribution in [0.4, 0.5) is 0 Å². The highest BCUT2D eigenvalue weighted by Crippen LogP contribution is 2.61. The van der Waals surface area contributed by atoms with Gasteiger partial charge in [-0.05, 0) is 31.2 Å². The fraction of sp³-hybridized carbons (Fsp3) is 0.536. The number of aliphatic hydroxyl groups excluding tert-OH is 1. The monoisotopic (exact) mass is 510 g/mol. The molecule has 8 heteroatoms. The molecule has 0 aromatic heterocycles. The van der Waals surface area contributed by atoms with Crippen molar-refractivity contribution in [2.45, 2.75) is 61.2 Å². The first-order valence-corrected chi connectivity index (χ1v) is 13.8. The number of hydrogen-bond acceptors (Lipinski definition) is 6. The quantitative estimate of drug-likeness (QED) is 0.484. The average molecular weight is 511 g/mol. The van der Waals surface area contributed by atoms with Gasteiger partial charge in [0.2, 0.25) is 11.8 Å². The van der Waals surface area contributed by atoms with E-state index in [1.807, 2.05) is 55.5 Å². The van der Waals surface area contributed by atoms with E-state index >= 15 is 0 Å². The summed E-state index contributed by atoms with van der Waals surface area (Å²) in [6.07, 6.45) is 11.3. The third kappa shape index (κ3) is 4.18. The number of hydrogen-bond donors (Lipinski definition) is 1. The Kier molecular flexibility index (Phi) is 7.26. The Bertz CT molecular complexity index is 1060. The summed E-state index contributed by atoms with van der Waals surface area (Å²) in [6.45, 7) is 2.87. The van der Waals surface area contributed by atoms with E-state index in [0.717, 1.165) is 24.8 Å². The van der Waals surface area contributed by atoms with Crippen LogP contribution >= 0.6 is 11.8 Å². The molecule has 1 aromatic carbocycles. The fourth-order valence-corrected chi connectivity index (χ4v) is 8.14. The van der Waals surface area contributed by atoms with Crippen molar-refractivity contribution >= 4 is 29.5 Å². The molecule has 2 fully saturated rings. The predicted molar refractivity (Wildman–Crippen MR) is 138 cm³/mol. The van der Waals surface area contributed by atoms with Crippen molar-refractivity contribution in [3.8, 4) is 0 Å². The van der Waals surface area contributed by atoms with Crippen molar-refractivity contribution in [2.75, 3.05) is 19.8 Å². The Morgan fingerprint density at radius 3 is 2.69 bits per heavy atom. The Morgan fingerprint density at radius 2 is 1.94 bits per heavy atom. The molecule has 1 N–H and O–H groups in total. The van der Waals surface area contributed by atoms with E-state index in [0.29, 0.717) is 26.1 Å². The Morgan fingerprint density at radius 1 is 1.14 bits per heavy atom. The van der Waals surface area contributed by atoms with E-state index in [2.05, 4.69) is 6.08 Å². The molecule has 5 rings (SSSR count). The summed E-state index contributed by atoms with van der Waals surface area (Å²) in [7, 11) is 0. The minimum Gasteiger partial charge on any atom is -0.465 e. The Labute approximate surface area is 216 Å². The fourth-order valence-electron chi connectivity index (χ4n) is 6.16. The number of carbonyl (C=O) groups excluding carboxylic acids is 3. The molecule has 0 aliphatic carbocycles. The van der Waals surface area contributed by atoms with Gasteiger partial charge in [0.25, 0.3) is 0 Å². The van der Waals surface area contributed by atoms with Crippen LogP contribution in [0.15, 0.2) is 54.6 Å². The molecular weight excluding hydrogens is 476 g/mol. The summed E-state index contributed by atoms with van der Waals surface area (Å²) >= 11 is 1.54. The van der Waals surface area contributed by atoms with Crippen LogP contribution in [0.25, 0.3) is 0 Å². The third-order valence-electron chi connectivity index (χ3n) is 7.91. The second-order valence-electron chi connectivity index (χ2n) is 10.0. The van der Waals surface area contributed by atoms with Crippen LogP contribution in [0.1, 0.15) is 38.2 Å². The number of amides is 2. The summed E-state index contributed by atoms with van der Waals surface area (Å²) in [6, 6.07) is 8.52. The molecule has 192 valence electrons. The number of ether oxygens (including phenoxy) is 1. The topological polar surface area (TPSA) is 87.2 Å². The van der Waals surface area contributed by atoms with Crippen molar-refractivity contribution in [1.29, 1.82) is 0 Å². The molecule has 7 nitrogen and oxygen atoms in total. The normalized spacial score (nSPS) is 33.9. The molecule has 36 heavy (non-hydrogen) atoms. The van der Waals surface area contributed by atoms with Gasteiger partial charge >= 0.3 is 5.97 Å². The molecule has 0 bridgehead atoms. The first kappa shape index (κ1) is 25.1. The number of carbonyl (C=O) groups is 3. The number of cyclic esters (lactones) is 1. The van der Waals surface area contributed by atoms with Gasteiger partial charge in [-0.15, -0.1) is 11.8 Å². The first-order chi connectivity index (χ1) is 17.5. The highest BCUT2D eigenvalue weighted by Gasteiger charge is 2.71. The van der Waals surface area contributed by atoms with Crippen LogP contribution in [0.2, 0.25) is 0 Å². The van der Waals surface area contributed by atoms with Gasteiger partial charge < -0.3 is 19.6 Å². The van der Waals surface area contributed by atoms with E-state index < -0.39 is 28.7 Å². The van der Waals surface area contributed by atoms with Gasteiger partial charge in [0.1, 0.15) is 6.04 Å². The molecular formula is C28H34N2O5S. The standard InChI is InChI=1S/C28H34N2O5S/c1-2-20(18-31)30-24-26(33)29(17-19-11-6-5-7-12-19)15-10-14-28(24)23(25(30)32)22-21(36-28)13-8-3-4-9-16-35-27(22)34/h5-8,10-14,20-24,31H,2-4,9,15-18H2,1H3/b13-8-/t20-,21+,22-,23-,24?,28-/m0/s1. The molecule has 1 spiro atoms. The second-order valence-corrected chi connectivity index (χ2v) is 11.5. The molecule has 4 aliphatic rings. The lowest BCUT2D eigenvalue weighted by Gasteiger charge is -2.38. The van der Waals surface area contributed by atoms with Crippen LogP contribution in [0, 0.1) is 11.8 Å². The van der Waals surface area contributed by atoms with Gasteiger partial charge in [-0.1, -0.05) is 61.6 Å². The molecule has 4 aliphatic heterocycles. The molecule has 4 heterocycles. The molecule has 1 unspecified atom stereocenters. The number of thioether (sulfide) groups is 1. The number of benzene rings is 1. The van der Waals surface area contributed by atoms with Gasteiger partial charge in [0.15, 0.2) is 0 Å². The summed E-state index contributed by atoms with van der Waals surface area (Å²) in [5.41, 5.74) is 1.01. The molecule has 0 radical (unpaired) electrons. The van der Waals surface area contributed by atoms with E-state index in [1.54, 1.807) is 21.6 Å². The SMILES string of the molecule is CC[C@@H](CO)N1C(=O)[C@@H]2[C@H]3C(=O)OCCCC/C=C\[C@H]3S[C@@]23C=CCN(Cc2ccccc2)C(=O)C13. The van der Waals surface area contributed by atoms with E-state index in [-0.39, 0.29) is 29.6 Å². The van der Waals surface area contributed by atoms with E-state index in [9.17, 15) is 19.5 Å². The van der Waals surface area contributed by atoms with Gasteiger partial charge in [0, 0.05) is 18.3 Å². The number of aliphatic hydroxyl groups is 1. The van der Waals surface area contributed by atoms with E-state index in [4.69, 9.17) is 4.74 Å². The zero-order valence-corrected chi connectivity index (χ0v) is 21.4. The number of fused-ring (bicyclic) bond motifs is 2. The van der Waals surface area contributed by atoms with Crippen molar-refractivity contribution in [3.63, 3.8) is 0 Å².